The molecule has 17 heavy (non-hydrogen) atoms. The van der Waals surface area contributed by atoms with Crippen LogP contribution < -0.4 is 10.2 Å². The minimum atomic E-state index is 0.584. The zero-order valence-electron chi connectivity index (χ0n) is 10.1. The van der Waals surface area contributed by atoms with Crippen LogP contribution in [0, 0.1) is 0 Å². The first-order valence-corrected chi connectivity index (χ1v) is 7.73. The van der Waals surface area contributed by atoms with E-state index in [2.05, 4.69) is 50.1 Å². The molecule has 0 amide bonds. The summed E-state index contributed by atoms with van der Waals surface area (Å²) in [6.07, 6.45) is 2.85. The predicted molar refractivity (Wildman–Crippen MR) is 78.0 cm³/mol. The van der Waals surface area contributed by atoms with Gasteiger partial charge in [0.05, 0.1) is 0 Å². The Morgan fingerprint density at radius 3 is 3.06 bits per heavy atom. The summed E-state index contributed by atoms with van der Waals surface area (Å²) in [7, 11) is 2.11. The fraction of sp³-hybridized carbons (Fsp3) is 0.636. The molecule has 1 aromatic heterocycles. The summed E-state index contributed by atoms with van der Waals surface area (Å²) in [5.41, 5.74) is 0. The molecule has 1 fully saturated rings. The quantitative estimate of drug-likeness (QED) is 0.924. The average Bonchev–Trinajstić information content (AvgIpc) is 2.85. The van der Waals surface area contributed by atoms with Crippen molar-refractivity contribution in [3.8, 4) is 0 Å². The fourth-order valence-corrected chi connectivity index (χ4v) is 3.79. The van der Waals surface area contributed by atoms with Crippen molar-refractivity contribution >= 4 is 39.3 Å². The molecule has 0 saturated carbocycles. The summed E-state index contributed by atoms with van der Waals surface area (Å²) in [4.78, 5) is 10.9. The number of halogens is 1. The number of nitrogens with one attached hydrogen (secondary N) is 1. The van der Waals surface area contributed by atoms with Crippen LogP contribution in [-0.4, -0.2) is 41.1 Å². The first-order chi connectivity index (χ1) is 8.24. The second-order valence-corrected chi connectivity index (χ2v) is 5.96. The van der Waals surface area contributed by atoms with E-state index in [1.54, 1.807) is 6.33 Å². The lowest BCUT2D eigenvalue weighted by Gasteiger charge is -2.26. The van der Waals surface area contributed by atoms with Crippen LogP contribution >= 0.6 is 27.7 Å². The Labute approximate surface area is 115 Å². The summed E-state index contributed by atoms with van der Waals surface area (Å²) >= 11 is 5.60. The second kappa shape index (κ2) is 5.91. The summed E-state index contributed by atoms with van der Waals surface area (Å²) in [5.74, 6) is 4.28. The lowest BCUT2D eigenvalue weighted by atomic mass is 10.2. The smallest absolute Gasteiger partial charge is 0.148 e. The summed E-state index contributed by atoms with van der Waals surface area (Å²) in [6.45, 7) is 2.92. The molecule has 1 aliphatic rings. The lowest BCUT2D eigenvalue weighted by molar-refractivity contribution is 0.689. The van der Waals surface area contributed by atoms with Crippen LogP contribution in [0.3, 0.4) is 0 Å². The summed E-state index contributed by atoms with van der Waals surface area (Å²) in [5, 5.41) is 3.23. The Balaban J connectivity index is 2.21. The van der Waals surface area contributed by atoms with Crippen molar-refractivity contribution in [2.24, 2.45) is 0 Å². The standard InChI is InChI=1S/C11H17BrN4S/c1-3-13-10-9(12)11(15-7-14-10)16(2)8-4-5-17-6-8/h7-8H,3-6H2,1-2H3,(H,13,14,15). The molecule has 0 aromatic carbocycles. The van der Waals surface area contributed by atoms with E-state index in [4.69, 9.17) is 0 Å². The number of hydrogen-bond donors (Lipinski definition) is 1. The Bertz CT molecular complexity index is 382. The van der Waals surface area contributed by atoms with Crippen LogP contribution in [0.15, 0.2) is 10.8 Å². The van der Waals surface area contributed by atoms with Crippen LogP contribution in [0.5, 0.6) is 0 Å². The van der Waals surface area contributed by atoms with E-state index in [-0.39, 0.29) is 0 Å². The van der Waals surface area contributed by atoms with Gasteiger partial charge in [0, 0.05) is 25.4 Å². The molecule has 0 spiro atoms. The van der Waals surface area contributed by atoms with Gasteiger partial charge >= 0.3 is 0 Å². The van der Waals surface area contributed by atoms with E-state index in [0.717, 1.165) is 22.7 Å². The molecular formula is C11H17BrN4S. The van der Waals surface area contributed by atoms with E-state index in [1.807, 2.05) is 11.8 Å². The highest BCUT2D eigenvalue weighted by atomic mass is 79.9. The van der Waals surface area contributed by atoms with Gasteiger partial charge in [-0.2, -0.15) is 11.8 Å². The Kier molecular flexibility index (Phi) is 4.50. The van der Waals surface area contributed by atoms with Gasteiger partial charge in [-0.05, 0) is 35.0 Å². The molecule has 6 heteroatoms. The zero-order chi connectivity index (χ0) is 12.3. The van der Waals surface area contributed by atoms with Gasteiger partial charge in [0.15, 0.2) is 0 Å². The molecule has 0 aliphatic carbocycles. The van der Waals surface area contributed by atoms with Gasteiger partial charge in [-0.3, -0.25) is 0 Å². The van der Waals surface area contributed by atoms with E-state index in [0.29, 0.717) is 6.04 Å². The summed E-state index contributed by atoms with van der Waals surface area (Å²) < 4.78 is 0.959. The average molecular weight is 317 g/mol. The van der Waals surface area contributed by atoms with Crippen LogP contribution in [-0.2, 0) is 0 Å². The molecule has 4 nitrogen and oxygen atoms in total. The van der Waals surface area contributed by atoms with Crippen LogP contribution in [0.25, 0.3) is 0 Å². The van der Waals surface area contributed by atoms with Gasteiger partial charge in [-0.25, -0.2) is 9.97 Å². The van der Waals surface area contributed by atoms with E-state index >= 15 is 0 Å². The number of thioether (sulfide) groups is 1. The van der Waals surface area contributed by atoms with Crippen molar-refractivity contribution in [3.05, 3.63) is 10.8 Å². The highest BCUT2D eigenvalue weighted by molar-refractivity contribution is 9.10. The first kappa shape index (κ1) is 13.0. The van der Waals surface area contributed by atoms with Crippen molar-refractivity contribution < 1.29 is 0 Å². The van der Waals surface area contributed by atoms with Crippen molar-refractivity contribution in [1.29, 1.82) is 0 Å². The number of nitrogens with zero attached hydrogens (tertiary/aromatic N) is 3. The molecule has 94 valence electrons. The molecular weight excluding hydrogens is 300 g/mol. The van der Waals surface area contributed by atoms with Gasteiger partial charge in [0.25, 0.3) is 0 Å². The number of hydrogen-bond acceptors (Lipinski definition) is 5. The van der Waals surface area contributed by atoms with Crippen LogP contribution in [0.2, 0.25) is 0 Å². The van der Waals surface area contributed by atoms with Gasteiger partial charge in [0.2, 0.25) is 0 Å². The van der Waals surface area contributed by atoms with Crippen molar-refractivity contribution in [2.75, 3.05) is 35.3 Å². The van der Waals surface area contributed by atoms with Gasteiger partial charge in [0.1, 0.15) is 22.4 Å². The van der Waals surface area contributed by atoms with Gasteiger partial charge in [-0.15, -0.1) is 0 Å². The Morgan fingerprint density at radius 2 is 2.41 bits per heavy atom. The van der Waals surface area contributed by atoms with Crippen molar-refractivity contribution in [3.63, 3.8) is 0 Å². The SMILES string of the molecule is CCNc1ncnc(N(C)C2CCSC2)c1Br. The van der Waals surface area contributed by atoms with Gasteiger partial charge < -0.3 is 10.2 Å². The minimum Gasteiger partial charge on any atom is -0.369 e. The maximum Gasteiger partial charge on any atom is 0.148 e. The molecule has 2 rings (SSSR count). The fourth-order valence-electron chi connectivity index (χ4n) is 1.90. The number of aromatic nitrogens is 2. The first-order valence-electron chi connectivity index (χ1n) is 5.79. The molecule has 1 saturated heterocycles. The van der Waals surface area contributed by atoms with Crippen molar-refractivity contribution in [2.45, 2.75) is 19.4 Å². The van der Waals surface area contributed by atoms with Crippen LogP contribution in [0.1, 0.15) is 13.3 Å². The maximum atomic E-state index is 4.38. The minimum absolute atomic E-state index is 0.584. The molecule has 1 atom stereocenters. The van der Waals surface area contributed by atoms with Crippen molar-refractivity contribution in [1.82, 2.24) is 9.97 Å². The number of rotatable bonds is 4. The topological polar surface area (TPSA) is 41.1 Å². The largest absolute Gasteiger partial charge is 0.369 e. The van der Waals surface area contributed by atoms with E-state index in [9.17, 15) is 0 Å². The van der Waals surface area contributed by atoms with Gasteiger partial charge in [-0.1, -0.05) is 0 Å². The molecule has 2 heterocycles. The maximum absolute atomic E-state index is 4.38. The highest BCUT2D eigenvalue weighted by Crippen LogP contribution is 2.32. The molecule has 0 radical (unpaired) electrons. The molecule has 0 bridgehead atoms. The Morgan fingerprint density at radius 1 is 1.59 bits per heavy atom. The second-order valence-electron chi connectivity index (χ2n) is 4.02. The molecule has 1 aromatic rings. The molecule has 1 N–H and O–H groups in total. The monoisotopic (exact) mass is 316 g/mol. The van der Waals surface area contributed by atoms with E-state index < -0.39 is 0 Å². The lowest BCUT2D eigenvalue weighted by Crippen LogP contribution is -2.32. The Hall–Kier alpha value is -0.490. The molecule has 1 unspecified atom stereocenters. The number of anilines is 2. The third-order valence-electron chi connectivity index (χ3n) is 2.90. The third kappa shape index (κ3) is 2.85. The summed E-state index contributed by atoms with van der Waals surface area (Å²) in [6, 6.07) is 0.584. The highest BCUT2D eigenvalue weighted by Gasteiger charge is 2.23. The molecule has 1 aliphatic heterocycles. The van der Waals surface area contributed by atoms with Crippen LogP contribution in [0.4, 0.5) is 11.6 Å². The normalized spacial score (nSPS) is 19.4. The zero-order valence-corrected chi connectivity index (χ0v) is 12.5. The van der Waals surface area contributed by atoms with E-state index in [1.165, 1.54) is 17.9 Å². The predicted octanol–water partition coefficient (Wildman–Crippen LogP) is 2.61. The third-order valence-corrected chi connectivity index (χ3v) is 4.78.